The van der Waals surface area contributed by atoms with Gasteiger partial charge in [-0.05, 0) is 45.0 Å². The van der Waals surface area contributed by atoms with Crippen molar-refractivity contribution in [2.24, 2.45) is 0 Å². The van der Waals surface area contributed by atoms with E-state index in [2.05, 4.69) is 30.6 Å². The first kappa shape index (κ1) is 19.5. The zero-order chi connectivity index (χ0) is 20.3. The Labute approximate surface area is 160 Å². The molecule has 146 valence electrons. The molecule has 3 rings (SSSR count). The summed E-state index contributed by atoms with van der Waals surface area (Å²) in [5.74, 6) is 0.694. The van der Waals surface area contributed by atoms with E-state index >= 15 is 0 Å². The number of hydrogen-bond acceptors (Lipinski definition) is 6. The van der Waals surface area contributed by atoms with E-state index in [1.807, 2.05) is 39.0 Å². The number of alkyl halides is 3. The van der Waals surface area contributed by atoms with Crippen LogP contribution < -0.4 is 10.6 Å². The van der Waals surface area contributed by atoms with E-state index in [0.717, 1.165) is 18.0 Å². The van der Waals surface area contributed by atoms with Crippen LogP contribution in [-0.2, 0) is 6.18 Å². The van der Waals surface area contributed by atoms with Gasteiger partial charge in [0, 0.05) is 29.7 Å². The van der Waals surface area contributed by atoms with E-state index in [0.29, 0.717) is 23.2 Å². The van der Waals surface area contributed by atoms with Crippen molar-refractivity contribution in [1.82, 2.24) is 19.9 Å². The van der Waals surface area contributed by atoms with Crippen molar-refractivity contribution >= 4 is 17.5 Å². The van der Waals surface area contributed by atoms with Gasteiger partial charge in [0.15, 0.2) is 0 Å². The molecule has 0 radical (unpaired) electrons. The first-order valence-corrected chi connectivity index (χ1v) is 8.60. The predicted molar refractivity (Wildman–Crippen MR) is 101 cm³/mol. The van der Waals surface area contributed by atoms with Gasteiger partial charge in [-0.15, -0.1) is 0 Å². The van der Waals surface area contributed by atoms with Crippen LogP contribution >= 0.6 is 0 Å². The standard InChI is InChI=1S/C19H19F3N6/c1-11(2)24-18-27-15(14-6-4-5-12(3)25-14)10-17(28-18)26-13-7-8-23-16(9-13)19(20,21)22/h4-11H,1-3H3,(H2,23,24,26,27,28). The van der Waals surface area contributed by atoms with Gasteiger partial charge in [0.1, 0.15) is 11.5 Å². The van der Waals surface area contributed by atoms with Crippen LogP contribution in [0.5, 0.6) is 0 Å². The lowest BCUT2D eigenvalue weighted by Crippen LogP contribution is -2.14. The maximum absolute atomic E-state index is 12.9. The smallest absolute Gasteiger partial charge is 0.352 e. The predicted octanol–water partition coefficient (Wildman–Crippen LogP) is 4.82. The Kier molecular flexibility index (Phi) is 5.43. The van der Waals surface area contributed by atoms with Crippen molar-refractivity contribution in [3.63, 3.8) is 0 Å². The fourth-order valence-corrected chi connectivity index (χ4v) is 2.46. The van der Waals surface area contributed by atoms with Crippen LogP contribution in [0, 0.1) is 6.92 Å². The Morgan fingerprint density at radius 1 is 0.964 bits per heavy atom. The van der Waals surface area contributed by atoms with E-state index in [4.69, 9.17) is 0 Å². The highest BCUT2D eigenvalue weighted by atomic mass is 19.4. The summed E-state index contributed by atoms with van der Waals surface area (Å²) >= 11 is 0. The fraction of sp³-hybridized carbons (Fsp3) is 0.263. The quantitative estimate of drug-likeness (QED) is 0.652. The van der Waals surface area contributed by atoms with Crippen LogP contribution in [-0.4, -0.2) is 26.0 Å². The summed E-state index contributed by atoms with van der Waals surface area (Å²) in [6.07, 6.45) is -3.42. The van der Waals surface area contributed by atoms with Crippen molar-refractivity contribution in [3.05, 3.63) is 54.0 Å². The number of aromatic nitrogens is 4. The van der Waals surface area contributed by atoms with Crippen molar-refractivity contribution in [2.75, 3.05) is 10.6 Å². The molecular weight excluding hydrogens is 369 g/mol. The molecule has 0 unspecified atom stereocenters. The third kappa shape index (κ3) is 4.93. The Balaban J connectivity index is 1.99. The molecule has 3 heterocycles. The molecule has 0 bridgehead atoms. The lowest BCUT2D eigenvalue weighted by atomic mass is 10.2. The number of hydrogen-bond donors (Lipinski definition) is 2. The fourth-order valence-electron chi connectivity index (χ4n) is 2.46. The number of rotatable bonds is 5. The van der Waals surface area contributed by atoms with Gasteiger partial charge < -0.3 is 10.6 Å². The van der Waals surface area contributed by atoms with E-state index < -0.39 is 11.9 Å². The van der Waals surface area contributed by atoms with Crippen molar-refractivity contribution in [1.29, 1.82) is 0 Å². The summed E-state index contributed by atoms with van der Waals surface area (Å²) in [6.45, 7) is 5.74. The second-order valence-electron chi connectivity index (χ2n) is 6.48. The summed E-state index contributed by atoms with van der Waals surface area (Å²) in [7, 11) is 0. The normalized spacial score (nSPS) is 11.5. The molecular formula is C19H19F3N6. The largest absolute Gasteiger partial charge is 0.433 e. The molecule has 3 aromatic rings. The van der Waals surface area contributed by atoms with Gasteiger partial charge in [-0.3, -0.25) is 9.97 Å². The van der Waals surface area contributed by atoms with Gasteiger partial charge in [0.05, 0.1) is 11.4 Å². The summed E-state index contributed by atoms with van der Waals surface area (Å²) in [6, 6.07) is 9.63. The molecule has 0 aliphatic heterocycles. The van der Waals surface area contributed by atoms with E-state index in [1.165, 1.54) is 6.07 Å². The number of nitrogens with zero attached hydrogens (tertiary/aromatic N) is 4. The average molecular weight is 388 g/mol. The minimum Gasteiger partial charge on any atom is -0.352 e. The highest BCUT2D eigenvalue weighted by Crippen LogP contribution is 2.30. The maximum atomic E-state index is 12.9. The van der Waals surface area contributed by atoms with Crippen LogP contribution in [0.1, 0.15) is 25.2 Å². The van der Waals surface area contributed by atoms with Crippen molar-refractivity contribution in [2.45, 2.75) is 33.0 Å². The molecule has 0 aromatic carbocycles. The minimum atomic E-state index is -4.52. The average Bonchev–Trinajstić information content (AvgIpc) is 2.60. The third-order valence-electron chi connectivity index (χ3n) is 3.62. The molecule has 9 heteroatoms. The number of nitrogens with one attached hydrogen (secondary N) is 2. The molecule has 3 aromatic heterocycles. The third-order valence-corrected chi connectivity index (χ3v) is 3.62. The molecule has 0 aliphatic carbocycles. The zero-order valence-corrected chi connectivity index (χ0v) is 15.5. The second kappa shape index (κ2) is 7.79. The molecule has 0 spiro atoms. The van der Waals surface area contributed by atoms with Crippen LogP contribution in [0.2, 0.25) is 0 Å². The van der Waals surface area contributed by atoms with Gasteiger partial charge in [-0.25, -0.2) is 4.98 Å². The molecule has 6 nitrogen and oxygen atoms in total. The van der Waals surface area contributed by atoms with Crippen LogP contribution in [0.4, 0.5) is 30.6 Å². The van der Waals surface area contributed by atoms with Crippen molar-refractivity contribution in [3.8, 4) is 11.4 Å². The van der Waals surface area contributed by atoms with Crippen LogP contribution in [0.3, 0.4) is 0 Å². The van der Waals surface area contributed by atoms with Gasteiger partial charge in [0.25, 0.3) is 0 Å². The minimum absolute atomic E-state index is 0.0753. The number of pyridine rings is 2. The first-order valence-electron chi connectivity index (χ1n) is 8.60. The number of anilines is 3. The Bertz CT molecular complexity index is 972. The molecule has 28 heavy (non-hydrogen) atoms. The Morgan fingerprint density at radius 2 is 1.75 bits per heavy atom. The topological polar surface area (TPSA) is 75.6 Å². The molecule has 0 atom stereocenters. The first-order chi connectivity index (χ1) is 13.2. The molecule has 0 saturated carbocycles. The Morgan fingerprint density at radius 3 is 2.43 bits per heavy atom. The second-order valence-corrected chi connectivity index (χ2v) is 6.48. The van der Waals surface area contributed by atoms with E-state index in [1.54, 1.807) is 6.07 Å². The van der Waals surface area contributed by atoms with Crippen LogP contribution in [0.25, 0.3) is 11.4 Å². The lowest BCUT2D eigenvalue weighted by Gasteiger charge is -2.14. The molecule has 2 N–H and O–H groups in total. The maximum Gasteiger partial charge on any atom is 0.433 e. The zero-order valence-electron chi connectivity index (χ0n) is 15.5. The summed E-state index contributed by atoms with van der Waals surface area (Å²) in [5, 5.41) is 6.00. The monoisotopic (exact) mass is 388 g/mol. The number of halogens is 3. The van der Waals surface area contributed by atoms with Gasteiger partial charge in [-0.1, -0.05) is 6.07 Å². The van der Waals surface area contributed by atoms with Gasteiger partial charge in [0.2, 0.25) is 5.95 Å². The molecule has 0 saturated heterocycles. The summed E-state index contributed by atoms with van der Waals surface area (Å²) in [5.41, 5.74) is 1.26. The highest BCUT2D eigenvalue weighted by Gasteiger charge is 2.32. The van der Waals surface area contributed by atoms with Gasteiger partial charge in [-0.2, -0.15) is 18.2 Å². The SMILES string of the molecule is Cc1cccc(-c2cc(Nc3ccnc(C(F)(F)F)c3)nc(NC(C)C)n2)n1. The lowest BCUT2D eigenvalue weighted by molar-refractivity contribution is -0.141. The van der Waals surface area contributed by atoms with Crippen LogP contribution in [0.15, 0.2) is 42.6 Å². The Hall–Kier alpha value is -3.23. The van der Waals surface area contributed by atoms with E-state index in [9.17, 15) is 13.2 Å². The molecule has 0 fully saturated rings. The number of aryl methyl sites for hydroxylation is 1. The highest BCUT2D eigenvalue weighted by molar-refractivity contribution is 5.65. The summed E-state index contributed by atoms with van der Waals surface area (Å²) in [4.78, 5) is 16.6. The summed E-state index contributed by atoms with van der Waals surface area (Å²) < 4.78 is 38.7. The van der Waals surface area contributed by atoms with Gasteiger partial charge >= 0.3 is 6.18 Å². The molecule has 0 amide bonds. The van der Waals surface area contributed by atoms with E-state index in [-0.39, 0.29) is 11.7 Å². The molecule has 0 aliphatic rings. The van der Waals surface area contributed by atoms with Crippen molar-refractivity contribution < 1.29 is 13.2 Å².